The highest BCUT2D eigenvalue weighted by molar-refractivity contribution is 6.35. The average Bonchev–Trinajstić information content (AvgIpc) is 2.63. The monoisotopic (exact) mass is 295 g/mol. The third-order valence-corrected chi connectivity index (χ3v) is 3.01. The van der Waals surface area contributed by atoms with Crippen LogP contribution in [0.25, 0.3) is 10.9 Å². The van der Waals surface area contributed by atoms with E-state index in [1.807, 2.05) is 46.0 Å². The molecular formula is C14H18ClN3O2. The predicted octanol–water partition coefficient (Wildman–Crippen LogP) is 3.25. The number of fused-ring (bicyclic) bond motifs is 1. The number of nitrogens with one attached hydrogen (secondary N) is 1. The van der Waals surface area contributed by atoms with E-state index in [1.165, 1.54) is 0 Å². The van der Waals surface area contributed by atoms with Gasteiger partial charge in [0, 0.05) is 12.4 Å². The van der Waals surface area contributed by atoms with Crippen molar-refractivity contribution in [2.24, 2.45) is 7.05 Å². The summed E-state index contributed by atoms with van der Waals surface area (Å²) in [6, 6.07) is 5.62. The van der Waals surface area contributed by atoms with E-state index in [0.717, 1.165) is 16.6 Å². The van der Waals surface area contributed by atoms with Crippen LogP contribution in [0.4, 0.5) is 4.79 Å². The van der Waals surface area contributed by atoms with Crippen molar-refractivity contribution in [3.8, 4) is 0 Å². The smallest absolute Gasteiger partial charge is 0.407 e. The maximum atomic E-state index is 11.7. The van der Waals surface area contributed by atoms with E-state index in [9.17, 15) is 4.79 Å². The molecule has 0 fully saturated rings. The van der Waals surface area contributed by atoms with Crippen LogP contribution in [0.1, 0.15) is 26.5 Å². The quantitative estimate of drug-likeness (QED) is 0.925. The molecule has 1 amide bonds. The molecule has 1 aromatic heterocycles. The molecule has 5 nitrogen and oxygen atoms in total. The Kier molecular flexibility index (Phi) is 3.90. The molecule has 108 valence electrons. The number of hydrogen-bond acceptors (Lipinski definition) is 3. The molecule has 1 aromatic carbocycles. The molecule has 1 heterocycles. The van der Waals surface area contributed by atoms with E-state index in [4.69, 9.17) is 16.3 Å². The lowest BCUT2D eigenvalue weighted by Crippen LogP contribution is -2.32. The van der Waals surface area contributed by atoms with Crippen LogP contribution in [0.15, 0.2) is 18.2 Å². The highest BCUT2D eigenvalue weighted by Crippen LogP contribution is 2.26. The first-order valence-electron chi connectivity index (χ1n) is 6.35. The Hall–Kier alpha value is -1.75. The third kappa shape index (κ3) is 3.22. The molecule has 2 rings (SSSR count). The summed E-state index contributed by atoms with van der Waals surface area (Å²) in [5, 5.41) is 8.55. The van der Waals surface area contributed by atoms with Gasteiger partial charge in [0.1, 0.15) is 5.60 Å². The third-order valence-electron chi connectivity index (χ3n) is 2.70. The Labute approximate surface area is 122 Å². The minimum atomic E-state index is -0.520. The zero-order valence-electron chi connectivity index (χ0n) is 12.0. The zero-order valence-corrected chi connectivity index (χ0v) is 12.8. The second kappa shape index (κ2) is 5.32. The molecule has 0 atom stereocenters. The van der Waals surface area contributed by atoms with Crippen molar-refractivity contribution < 1.29 is 9.53 Å². The zero-order chi connectivity index (χ0) is 14.9. The van der Waals surface area contributed by atoms with Crippen LogP contribution in [0, 0.1) is 0 Å². The summed E-state index contributed by atoms with van der Waals surface area (Å²) in [5.41, 5.74) is 1.13. The van der Waals surface area contributed by atoms with E-state index < -0.39 is 11.7 Å². The van der Waals surface area contributed by atoms with E-state index in [2.05, 4.69) is 10.4 Å². The minimum absolute atomic E-state index is 0.274. The minimum Gasteiger partial charge on any atom is -0.444 e. The van der Waals surface area contributed by atoms with Crippen LogP contribution in [-0.4, -0.2) is 21.5 Å². The van der Waals surface area contributed by atoms with Gasteiger partial charge in [0.2, 0.25) is 0 Å². The van der Waals surface area contributed by atoms with Crippen molar-refractivity contribution in [2.75, 3.05) is 0 Å². The highest BCUT2D eigenvalue weighted by atomic mass is 35.5. The van der Waals surface area contributed by atoms with Crippen LogP contribution in [0.3, 0.4) is 0 Å². The molecule has 0 saturated heterocycles. The molecule has 0 spiro atoms. The first-order chi connectivity index (χ1) is 9.28. The molecule has 0 aliphatic heterocycles. The Morgan fingerprint density at radius 2 is 2.15 bits per heavy atom. The molecule has 1 N–H and O–H groups in total. The van der Waals surface area contributed by atoms with E-state index in [-0.39, 0.29) is 6.54 Å². The number of rotatable bonds is 2. The molecule has 0 saturated carbocycles. The Bertz CT molecular complexity index is 644. The first kappa shape index (κ1) is 14.7. The fourth-order valence-corrected chi connectivity index (χ4v) is 2.23. The summed E-state index contributed by atoms with van der Waals surface area (Å²) < 4.78 is 6.93. The van der Waals surface area contributed by atoms with Crippen LogP contribution < -0.4 is 5.32 Å². The van der Waals surface area contributed by atoms with Crippen molar-refractivity contribution >= 4 is 28.6 Å². The summed E-state index contributed by atoms with van der Waals surface area (Å²) in [6.07, 6.45) is -0.469. The molecule has 0 aliphatic rings. The van der Waals surface area contributed by atoms with Gasteiger partial charge in [-0.3, -0.25) is 4.68 Å². The van der Waals surface area contributed by atoms with Gasteiger partial charge in [0.25, 0.3) is 0 Å². The number of halogens is 1. The molecule has 0 bridgehead atoms. The fraction of sp³-hybridized carbons (Fsp3) is 0.429. The normalized spacial score (nSPS) is 11.7. The summed E-state index contributed by atoms with van der Waals surface area (Å²) >= 11 is 6.20. The molecule has 6 heteroatoms. The van der Waals surface area contributed by atoms with Crippen molar-refractivity contribution in [3.05, 3.63) is 28.9 Å². The van der Waals surface area contributed by atoms with Crippen LogP contribution in [0.2, 0.25) is 5.02 Å². The summed E-state index contributed by atoms with van der Waals surface area (Å²) in [7, 11) is 1.84. The lowest BCUT2D eigenvalue weighted by molar-refractivity contribution is 0.0523. The average molecular weight is 296 g/mol. The number of aromatic nitrogens is 2. The standard InChI is InChI=1S/C14H18ClN3O2/c1-14(2,3)20-13(19)16-8-10-12-9(15)6-5-7-11(12)18(4)17-10/h5-7H,8H2,1-4H3,(H,16,19). The van der Waals surface area contributed by atoms with Crippen molar-refractivity contribution in [2.45, 2.75) is 32.9 Å². The maximum Gasteiger partial charge on any atom is 0.407 e. The van der Waals surface area contributed by atoms with Gasteiger partial charge < -0.3 is 10.1 Å². The van der Waals surface area contributed by atoms with E-state index in [0.29, 0.717) is 5.02 Å². The number of hydrogen-bond donors (Lipinski definition) is 1. The maximum absolute atomic E-state index is 11.7. The second-order valence-corrected chi connectivity index (χ2v) is 5.97. The molecule has 20 heavy (non-hydrogen) atoms. The lowest BCUT2D eigenvalue weighted by atomic mass is 10.2. The SMILES string of the molecule is Cn1nc(CNC(=O)OC(C)(C)C)c2c(Cl)cccc21. The molecular weight excluding hydrogens is 278 g/mol. The molecule has 0 aliphatic carbocycles. The predicted molar refractivity (Wildman–Crippen MR) is 78.8 cm³/mol. The number of alkyl carbamates (subject to hydrolysis) is 1. The number of aryl methyl sites for hydroxylation is 1. The largest absolute Gasteiger partial charge is 0.444 e. The number of carbonyl (C=O) groups excluding carboxylic acids is 1. The summed E-state index contributed by atoms with van der Waals surface area (Å²) in [5.74, 6) is 0. The van der Waals surface area contributed by atoms with Crippen molar-refractivity contribution in [3.63, 3.8) is 0 Å². The van der Waals surface area contributed by atoms with Gasteiger partial charge in [-0.05, 0) is 32.9 Å². The number of nitrogens with zero attached hydrogens (tertiary/aromatic N) is 2. The van der Waals surface area contributed by atoms with Gasteiger partial charge in [-0.15, -0.1) is 0 Å². The topological polar surface area (TPSA) is 56.2 Å². The highest BCUT2D eigenvalue weighted by Gasteiger charge is 2.17. The Morgan fingerprint density at radius 1 is 1.45 bits per heavy atom. The number of carbonyl (C=O) groups is 1. The van der Waals surface area contributed by atoms with Crippen molar-refractivity contribution in [1.29, 1.82) is 0 Å². The van der Waals surface area contributed by atoms with E-state index in [1.54, 1.807) is 4.68 Å². The summed E-state index contributed by atoms with van der Waals surface area (Å²) in [6.45, 7) is 5.73. The van der Waals surface area contributed by atoms with Gasteiger partial charge in [-0.1, -0.05) is 17.7 Å². The van der Waals surface area contributed by atoms with Gasteiger partial charge in [-0.2, -0.15) is 5.10 Å². The van der Waals surface area contributed by atoms with Gasteiger partial charge in [-0.25, -0.2) is 4.79 Å². The molecule has 2 aromatic rings. The summed E-state index contributed by atoms with van der Waals surface area (Å²) in [4.78, 5) is 11.7. The second-order valence-electron chi connectivity index (χ2n) is 5.56. The first-order valence-corrected chi connectivity index (χ1v) is 6.72. The fourth-order valence-electron chi connectivity index (χ4n) is 1.95. The molecule has 0 unspecified atom stereocenters. The van der Waals surface area contributed by atoms with Gasteiger partial charge in [0.05, 0.1) is 22.8 Å². The van der Waals surface area contributed by atoms with Gasteiger partial charge in [0.15, 0.2) is 0 Å². The van der Waals surface area contributed by atoms with Crippen LogP contribution >= 0.6 is 11.6 Å². The Morgan fingerprint density at radius 3 is 2.80 bits per heavy atom. The van der Waals surface area contributed by atoms with Crippen LogP contribution in [0.5, 0.6) is 0 Å². The lowest BCUT2D eigenvalue weighted by Gasteiger charge is -2.19. The van der Waals surface area contributed by atoms with Crippen LogP contribution in [-0.2, 0) is 18.3 Å². The number of benzene rings is 1. The van der Waals surface area contributed by atoms with E-state index >= 15 is 0 Å². The number of ether oxygens (including phenoxy) is 1. The van der Waals surface area contributed by atoms with Gasteiger partial charge >= 0.3 is 6.09 Å². The van der Waals surface area contributed by atoms with Crippen molar-refractivity contribution in [1.82, 2.24) is 15.1 Å². The molecule has 0 radical (unpaired) electrons. The number of amides is 1. The Balaban J connectivity index is 2.17.